The van der Waals surface area contributed by atoms with Crippen molar-refractivity contribution < 1.29 is 18.8 Å². The molecular formula is C43H34Cl4N9O4P. The van der Waals surface area contributed by atoms with Gasteiger partial charge in [-0.1, -0.05) is 36.4 Å². The van der Waals surface area contributed by atoms with E-state index in [1.807, 2.05) is 125 Å². The molecule has 308 valence electrons. The monoisotopic (exact) mass is 911 g/mol. The van der Waals surface area contributed by atoms with Gasteiger partial charge < -0.3 is 9.47 Å². The van der Waals surface area contributed by atoms with Crippen molar-refractivity contribution in [1.82, 2.24) is 29.5 Å². The van der Waals surface area contributed by atoms with Gasteiger partial charge >= 0.3 is 5.20 Å². The maximum absolute atomic E-state index is 12.7. The topological polar surface area (TPSA) is 173 Å². The Bertz CT molecular complexity index is 2870. The van der Waals surface area contributed by atoms with E-state index in [0.717, 1.165) is 45.1 Å². The molecule has 4 aromatic carbocycles. The highest BCUT2D eigenvalue weighted by Crippen LogP contribution is 2.61. The summed E-state index contributed by atoms with van der Waals surface area (Å²) in [6.45, 7) is 8.96. The summed E-state index contributed by atoms with van der Waals surface area (Å²) in [6.07, 6.45) is 0.121. The Morgan fingerprint density at radius 3 is 1.66 bits per heavy atom. The van der Waals surface area contributed by atoms with Crippen LogP contribution in [-0.2, 0) is 15.8 Å². The second-order valence-corrected chi connectivity index (χ2v) is 20.0. The van der Waals surface area contributed by atoms with Crippen molar-refractivity contribution in [3.05, 3.63) is 130 Å². The number of ether oxygens (including phenoxy) is 2. The molecule has 61 heavy (non-hydrogen) atoms. The van der Waals surface area contributed by atoms with Crippen LogP contribution in [0.2, 0.25) is 5.28 Å². The standard InChI is InChI=1S/C22H18N4O2.C21H16ClN5O.Cl3OP/c1-3-28-16-10-8-15(9-11-16)21-24-18(13-23)17-12-20(27)26(22(17)25-21)19-7-5-4-6-14(19)2;1-3-28-15-10-8-14(9-11-15)19-24-16(12-23)18-20(26-19)27(21(22)25-18)17-7-5-4-6-13(17)2;1-5(2,3)4/h4-11H,3,12H2,1-2H3;4-11H,3H2,1-2H3;. The number of aromatic nitrogens is 6. The first-order valence-corrected chi connectivity index (χ1v) is 23.3. The number of amides is 1. The normalized spacial score (nSPS) is 11.7. The van der Waals surface area contributed by atoms with Crippen LogP contribution < -0.4 is 14.4 Å². The number of halogens is 4. The highest BCUT2D eigenvalue weighted by atomic mass is 36.0. The van der Waals surface area contributed by atoms with E-state index in [9.17, 15) is 19.9 Å². The molecule has 1 aliphatic rings. The smallest absolute Gasteiger partial charge is 0.339 e. The average molecular weight is 914 g/mol. The Balaban J connectivity index is 0.000000184. The van der Waals surface area contributed by atoms with E-state index in [2.05, 4.69) is 70.8 Å². The summed E-state index contributed by atoms with van der Waals surface area (Å²) < 4.78 is 22.2. The Morgan fingerprint density at radius 2 is 1.16 bits per heavy atom. The van der Waals surface area contributed by atoms with E-state index >= 15 is 0 Å². The second kappa shape index (κ2) is 19.6. The second-order valence-electron chi connectivity index (χ2n) is 13.0. The largest absolute Gasteiger partial charge is 0.494 e. The summed E-state index contributed by atoms with van der Waals surface area (Å²) in [6, 6.07) is 34.5. The van der Waals surface area contributed by atoms with Crippen LogP contribution in [-0.4, -0.2) is 48.6 Å². The number of hydrogen-bond acceptors (Lipinski definition) is 11. The van der Waals surface area contributed by atoms with Gasteiger partial charge in [-0.15, -0.1) is 0 Å². The number of para-hydroxylation sites is 2. The van der Waals surface area contributed by atoms with Crippen LogP contribution in [0.25, 0.3) is 39.6 Å². The molecule has 0 radical (unpaired) electrons. The molecule has 0 saturated carbocycles. The summed E-state index contributed by atoms with van der Waals surface area (Å²) in [7, 11) is 0. The molecule has 0 unspecified atom stereocenters. The fourth-order valence-corrected chi connectivity index (χ4v) is 6.61. The Kier molecular flexibility index (Phi) is 14.3. The molecule has 0 N–H and O–H groups in total. The van der Waals surface area contributed by atoms with Crippen molar-refractivity contribution in [1.29, 1.82) is 10.5 Å². The van der Waals surface area contributed by atoms with Crippen LogP contribution in [0, 0.1) is 36.5 Å². The van der Waals surface area contributed by atoms with Gasteiger partial charge in [-0.05, 0) is 145 Å². The van der Waals surface area contributed by atoms with Gasteiger partial charge in [-0.3, -0.25) is 18.8 Å². The molecule has 0 aliphatic carbocycles. The quantitative estimate of drug-likeness (QED) is 0.105. The summed E-state index contributed by atoms with van der Waals surface area (Å²) in [4.78, 5) is 36.8. The lowest BCUT2D eigenvalue weighted by Crippen LogP contribution is -2.22. The molecule has 7 aromatic rings. The molecule has 18 heteroatoms. The van der Waals surface area contributed by atoms with Gasteiger partial charge in [0.15, 0.2) is 23.0 Å². The van der Waals surface area contributed by atoms with E-state index in [4.69, 9.17) is 21.1 Å². The predicted molar refractivity (Wildman–Crippen MR) is 238 cm³/mol. The van der Waals surface area contributed by atoms with Crippen molar-refractivity contribution in [2.45, 2.75) is 34.1 Å². The van der Waals surface area contributed by atoms with Gasteiger partial charge in [0.1, 0.15) is 40.7 Å². The first kappa shape index (κ1) is 44.5. The molecule has 13 nitrogen and oxygen atoms in total. The molecule has 0 saturated heterocycles. The number of carbonyl (C=O) groups is 1. The lowest BCUT2D eigenvalue weighted by atomic mass is 10.1. The average Bonchev–Trinajstić information content (AvgIpc) is 3.75. The molecule has 3 aromatic heterocycles. The van der Waals surface area contributed by atoms with Crippen molar-refractivity contribution in [3.63, 3.8) is 0 Å². The molecule has 1 aliphatic heterocycles. The van der Waals surface area contributed by atoms with Crippen LogP contribution in [0.1, 0.15) is 41.9 Å². The Hall–Kier alpha value is -6.05. The fraction of sp³-hybridized carbons (Fsp3) is 0.163. The molecule has 1 amide bonds. The van der Waals surface area contributed by atoms with Crippen LogP contribution in [0.15, 0.2) is 97.1 Å². The number of hydrogen-bond donors (Lipinski definition) is 0. The number of imidazole rings is 1. The van der Waals surface area contributed by atoms with E-state index in [1.54, 1.807) is 9.47 Å². The molecule has 0 fully saturated rings. The summed E-state index contributed by atoms with van der Waals surface area (Å²) in [5.74, 6) is 2.73. The van der Waals surface area contributed by atoms with Crippen molar-refractivity contribution in [3.8, 4) is 52.1 Å². The fourth-order valence-electron chi connectivity index (χ4n) is 6.35. The zero-order valence-electron chi connectivity index (χ0n) is 33.0. The van der Waals surface area contributed by atoms with Crippen LogP contribution in [0.5, 0.6) is 11.5 Å². The molecule has 8 rings (SSSR count). The number of nitriles is 2. The van der Waals surface area contributed by atoms with Gasteiger partial charge in [0.25, 0.3) is 0 Å². The summed E-state index contributed by atoms with van der Waals surface area (Å²) in [5, 5.41) is 16.2. The zero-order valence-corrected chi connectivity index (χ0v) is 36.9. The van der Waals surface area contributed by atoms with Crippen LogP contribution >= 0.6 is 50.5 Å². The maximum Gasteiger partial charge on any atom is 0.339 e. The van der Waals surface area contributed by atoms with E-state index in [1.165, 1.54) is 0 Å². The van der Waals surface area contributed by atoms with Crippen LogP contribution in [0.3, 0.4) is 0 Å². The van der Waals surface area contributed by atoms with Gasteiger partial charge in [-0.25, -0.2) is 24.9 Å². The number of anilines is 2. The Morgan fingerprint density at radius 1 is 0.689 bits per heavy atom. The van der Waals surface area contributed by atoms with Gasteiger partial charge in [0.05, 0.1) is 31.0 Å². The van der Waals surface area contributed by atoms with E-state index < -0.39 is 5.20 Å². The number of benzene rings is 4. The first-order valence-electron chi connectivity index (χ1n) is 18.5. The lowest BCUT2D eigenvalue weighted by Gasteiger charge is -2.19. The van der Waals surface area contributed by atoms with Crippen molar-refractivity contribution >= 4 is 79.1 Å². The molecule has 0 spiro atoms. The SMILES string of the molecule is CCOc1ccc(-c2nc(C#N)c3c(n2)N(c2ccccc2C)C(=O)C3)cc1.CCOc1ccc(-c2nc(C#N)c3nc(Cl)n(-c4ccccc4C)c3n2)cc1.O=P(Cl)(Cl)Cl. The molecular weight excluding hydrogens is 879 g/mol. The van der Waals surface area contributed by atoms with Crippen molar-refractivity contribution in [2.24, 2.45) is 0 Å². The molecule has 0 bridgehead atoms. The minimum atomic E-state index is -3.22. The summed E-state index contributed by atoms with van der Waals surface area (Å²) in [5.41, 5.74) is 7.00. The molecule has 0 atom stereocenters. The number of rotatable bonds is 8. The van der Waals surface area contributed by atoms with Gasteiger partial charge in [-0.2, -0.15) is 10.5 Å². The highest BCUT2D eigenvalue weighted by molar-refractivity contribution is 8.24. The number of fused-ring (bicyclic) bond motifs is 2. The minimum absolute atomic E-state index is 0.112. The van der Waals surface area contributed by atoms with Crippen molar-refractivity contribution in [2.75, 3.05) is 18.1 Å². The number of aryl methyl sites for hydroxylation is 2. The van der Waals surface area contributed by atoms with Crippen LogP contribution in [0.4, 0.5) is 11.5 Å². The lowest BCUT2D eigenvalue weighted by molar-refractivity contribution is -0.116. The third-order valence-corrected chi connectivity index (χ3v) is 9.27. The third kappa shape index (κ3) is 10.5. The number of nitrogens with zero attached hydrogens (tertiary/aromatic N) is 9. The predicted octanol–water partition coefficient (Wildman–Crippen LogP) is 11.5. The summed E-state index contributed by atoms with van der Waals surface area (Å²) >= 11 is 20.3. The minimum Gasteiger partial charge on any atom is -0.494 e. The van der Waals surface area contributed by atoms with Gasteiger partial charge in [0, 0.05) is 16.7 Å². The first-order chi connectivity index (χ1) is 29.2. The Labute approximate surface area is 370 Å². The third-order valence-electron chi connectivity index (χ3n) is 9.01. The number of carbonyl (C=O) groups excluding carboxylic acids is 1. The zero-order chi connectivity index (χ0) is 43.8. The maximum atomic E-state index is 12.7. The molecule has 4 heterocycles. The van der Waals surface area contributed by atoms with E-state index in [-0.39, 0.29) is 29.0 Å². The van der Waals surface area contributed by atoms with Gasteiger partial charge in [0.2, 0.25) is 11.2 Å². The van der Waals surface area contributed by atoms with E-state index in [0.29, 0.717) is 47.4 Å². The highest BCUT2D eigenvalue weighted by Gasteiger charge is 2.34.